The molecule has 6 aliphatic carbocycles. The van der Waals surface area contributed by atoms with E-state index in [1.165, 1.54) is 11.1 Å². The zero-order valence-electron chi connectivity index (χ0n) is 36.4. The first-order valence-corrected chi connectivity index (χ1v) is 22.7. The second kappa shape index (κ2) is 15.4. The maximum Gasteiger partial charge on any atom is 0.310 e. The van der Waals surface area contributed by atoms with Crippen LogP contribution in [0, 0.1) is 55.7 Å². The number of fused-ring (bicyclic) bond motifs is 8. The third kappa shape index (κ3) is 6.40. The van der Waals surface area contributed by atoms with Crippen molar-refractivity contribution in [2.45, 2.75) is 162 Å². The molecule has 59 heavy (non-hydrogen) atoms. The number of carbonyl (C=O) groups is 1. The molecule has 0 aromatic heterocycles. The third-order valence-corrected chi connectivity index (χ3v) is 19.1. The minimum absolute atomic E-state index is 0.00529. The number of aliphatic hydroxyl groups is 5. The van der Waals surface area contributed by atoms with Gasteiger partial charge in [-0.2, -0.15) is 0 Å². The molecular weight excluding hydrogens is 751 g/mol. The Morgan fingerprint density at radius 3 is 2.17 bits per heavy atom. The summed E-state index contributed by atoms with van der Waals surface area (Å²) in [5, 5.41) is 68.9. The highest BCUT2D eigenvalue weighted by Crippen LogP contribution is 2.82. The summed E-state index contributed by atoms with van der Waals surface area (Å²) in [5.41, 5.74) is 0.658. The SMILES string of the molecule is CNCc1ccc(COC2CC3(C)C(CC4(CCCC4)C4(C)C3CC=C3C5CC(C)(CO)CCC5(C(=O)O)CCC34C)C(C)(CO)C2OC2OCC(O)C(O)C2O)cc1. The first-order chi connectivity index (χ1) is 27.9. The first-order valence-electron chi connectivity index (χ1n) is 22.7. The summed E-state index contributed by atoms with van der Waals surface area (Å²) in [6.45, 7) is 12.5. The van der Waals surface area contributed by atoms with Crippen molar-refractivity contribution in [2.75, 3.05) is 26.9 Å². The Labute approximate surface area is 351 Å². The van der Waals surface area contributed by atoms with Crippen LogP contribution in [-0.4, -0.2) is 100 Å². The van der Waals surface area contributed by atoms with Crippen LogP contribution in [0.1, 0.15) is 123 Å². The second-order valence-corrected chi connectivity index (χ2v) is 21.8. The van der Waals surface area contributed by atoms with Crippen LogP contribution in [-0.2, 0) is 32.2 Å². The van der Waals surface area contributed by atoms with Crippen LogP contribution in [0.25, 0.3) is 0 Å². The minimum Gasteiger partial charge on any atom is -0.481 e. The van der Waals surface area contributed by atoms with Gasteiger partial charge in [0, 0.05) is 18.6 Å². The second-order valence-electron chi connectivity index (χ2n) is 21.8. The lowest BCUT2D eigenvalue weighted by Gasteiger charge is -2.77. The molecule has 330 valence electrons. The van der Waals surface area contributed by atoms with E-state index in [1.54, 1.807) is 0 Å². The van der Waals surface area contributed by atoms with Gasteiger partial charge in [-0.25, -0.2) is 0 Å². The zero-order chi connectivity index (χ0) is 42.4. The molecule has 5 saturated carbocycles. The van der Waals surface area contributed by atoms with E-state index in [4.69, 9.17) is 14.2 Å². The predicted molar refractivity (Wildman–Crippen MR) is 222 cm³/mol. The van der Waals surface area contributed by atoms with E-state index in [1.807, 2.05) is 7.05 Å². The number of carboxylic acids is 1. The fourth-order valence-corrected chi connectivity index (χ4v) is 15.5. The van der Waals surface area contributed by atoms with Crippen molar-refractivity contribution >= 4 is 5.97 Å². The van der Waals surface area contributed by atoms with Gasteiger partial charge in [0.1, 0.15) is 18.3 Å². The van der Waals surface area contributed by atoms with Crippen LogP contribution < -0.4 is 5.32 Å². The van der Waals surface area contributed by atoms with Crippen molar-refractivity contribution in [3.63, 3.8) is 0 Å². The standard InChI is InChI=1S/C48H73NO10/c1-42(27-50)17-19-48(41(55)56)20-18-45(4)31(32(48)21-42)13-14-35-43(2)22-34(57-25-30-11-9-29(10-12-30)24-49-6)39(59-40-38(54)37(53)33(52)26-58-40)44(3,28-51)36(43)23-47(46(35,45)5)15-7-8-16-47/h9-13,32-40,49-54H,7-8,14-28H2,1-6H3,(H,55,56). The topological polar surface area (TPSA) is 178 Å². The number of nitrogens with one attached hydrogen (secondary N) is 1. The van der Waals surface area contributed by atoms with E-state index >= 15 is 0 Å². The molecule has 1 aromatic carbocycles. The Morgan fingerprint density at radius 2 is 1.53 bits per heavy atom. The van der Waals surface area contributed by atoms with Crippen molar-refractivity contribution in [1.29, 1.82) is 0 Å². The molecule has 7 N–H and O–H groups in total. The van der Waals surface area contributed by atoms with E-state index in [0.717, 1.165) is 57.1 Å². The Kier molecular flexibility index (Phi) is 11.4. The van der Waals surface area contributed by atoms with Gasteiger partial charge in [-0.3, -0.25) is 4.79 Å². The molecule has 15 unspecified atom stereocenters. The number of hydrogen-bond acceptors (Lipinski definition) is 10. The summed E-state index contributed by atoms with van der Waals surface area (Å²) >= 11 is 0. The number of carboxylic acid groups (broad SMARTS) is 1. The Bertz CT molecular complexity index is 1750. The average Bonchev–Trinajstić information content (AvgIpc) is 3.70. The number of benzene rings is 1. The van der Waals surface area contributed by atoms with Crippen molar-refractivity contribution in [2.24, 2.45) is 55.7 Å². The number of aliphatic hydroxyl groups excluding tert-OH is 5. The monoisotopic (exact) mass is 824 g/mol. The number of rotatable bonds is 10. The van der Waals surface area contributed by atoms with Crippen molar-refractivity contribution in [3.05, 3.63) is 47.0 Å². The summed E-state index contributed by atoms with van der Waals surface area (Å²) in [5.74, 6) is -0.625. The molecular formula is C48H73NO10. The molecule has 1 heterocycles. The Morgan fingerprint density at radius 1 is 0.847 bits per heavy atom. The molecule has 8 rings (SSSR count). The fraction of sp³-hybridized carbons (Fsp3) is 0.812. The van der Waals surface area contributed by atoms with Gasteiger partial charge < -0.3 is 50.2 Å². The summed E-state index contributed by atoms with van der Waals surface area (Å²) in [4.78, 5) is 13.4. The molecule has 1 spiro atoms. The Hall–Kier alpha value is -1.93. The lowest BCUT2D eigenvalue weighted by atomic mass is 9.28. The van der Waals surface area contributed by atoms with E-state index in [9.17, 15) is 35.4 Å². The highest BCUT2D eigenvalue weighted by atomic mass is 16.7. The molecule has 0 radical (unpaired) electrons. The molecule has 6 fully saturated rings. The van der Waals surface area contributed by atoms with Crippen molar-refractivity contribution < 1.29 is 49.6 Å². The molecule has 11 heteroatoms. The molecule has 15 atom stereocenters. The van der Waals surface area contributed by atoms with Crippen molar-refractivity contribution in [1.82, 2.24) is 5.32 Å². The van der Waals surface area contributed by atoms with E-state index in [2.05, 4.69) is 70.3 Å². The quantitative estimate of drug-likeness (QED) is 0.113. The summed E-state index contributed by atoms with van der Waals surface area (Å²) in [6, 6.07) is 8.35. The lowest BCUT2D eigenvalue weighted by Crippen LogP contribution is -2.73. The highest BCUT2D eigenvalue weighted by molar-refractivity contribution is 5.76. The van der Waals surface area contributed by atoms with E-state index in [0.29, 0.717) is 38.7 Å². The largest absolute Gasteiger partial charge is 0.481 e. The van der Waals surface area contributed by atoms with Crippen molar-refractivity contribution in [3.8, 4) is 0 Å². The lowest BCUT2D eigenvalue weighted by molar-refractivity contribution is -0.341. The van der Waals surface area contributed by atoms with Crippen LogP contribution in [0.15, 0.2) is 35.9 Å². The normalized spacial score (nSPS) is 47.7. The number of aliphatic carboxylic acids is 1. The number of ether oxygens (including phenoxy) is 3. The zero-order valence-corrected chi connectivity index (χ0v) is 36.4. The van der Waals surface area contributed by atoms with Crippen LogP contribution in [0.5, 0.6) is 0 Å². The smallest absolute Gasteiger partial charge is 0.310 e. The van der Waals surface area contributed by atoms with Crippen LogP contribution >= 0.6 is 0 Å². The molecule has 1 aromatic rings. The number of allylic oxidation sites excluding steroid dienone is 2. The summed E-state index contributed by atoms with van der Waals surface area (Å²) in [7, 11) is 1.92. The maximum atomic E-state index is 13.4. The summed E-state index contributed by atoms with van der Waals surface area (Å²) in [6.07, 6.45) is 6.02. The van der Waals surface area contributed by atoms with E-state index in [-0.39, 0.29) is 64.6 Å². The van der Waals surface area contributed by atoms with Gasteiger partial charge in [0.15, 0.2) is 6.29 Å². The van der Waals surface area contributed by atoms with E-state index < -0.39 is 53.6 Å². The molecule has 1 aliphatic heterocycles. The van der Waals surface area contributed by atoms with Gasteiger partial charge in [0.25, 0.3) is 0 Å². The minimum atomic E-state index is -1.48. The van der Waals surface area contributed by atoms with Gasteiger partial charge >= 0.3 is 5.97 Å². The van der Waals surface area contributed by atoms with Crippen LogP contribution in [0.3, 0.4) is 0 Å². The van der Waals surface area contributed by atoms with Crippen LogP contribution in [0.4, 0.5) is 0 Å². The predicted octanol–water partition coefficient (Wildman–Crippen LogP) is 5.73. The fourth-order valence-electron chi connectivity index (χ4n) is 15.5. The maximum absolute atomic E-state index is 13.4. The van der Waals surface area contributed by atoms with Gasteiger partial charge in [-0.15, -0.1) is 0 Å². The molecule has 0 amide bonds. The van der Waals surface area contributed by atoms with Gasteiger partial charge in [0.2, 0.25) is 0 Å². The number of hydrogen-bond donors (Lipinski definition) is 7. The first kappa shape index (κ1) is 43.7. The molecule has 0 bridgehead atoms. The van der Waals surface area contributed by atoms with Gasteiger partial charge in [-0.05, 0) is 127 Å². The highest BCUT2D eigenvalue weighted by Gasteiger charge is 2.77. The molecule has 1 saturated heterocycles. The molecule has 7 aliphatic rings. The van der Waals surface area contributed by atoms with Crippen LogP contribution in [0.2, 0.25) is 0 Å². The van der Waals surface area contributed by atoms with Gasteiger partial charge in [0.05, 0.1) is 37.4 Å². The molecule has 11 nitrogen and oxygen atoms in total. The third-order valence-electron chi connectivity index (χ3n) is 19.1. The van der Waals surface area contributed by atoms with Gasteiger partial charge in [-0.1, -0.05) is 83.4 Å². The average molecular weight is 824 g/mol. The Balaban J connectivity index is 1.23. The summed E-state index contributed by atoms with van der Waals surface area (Å²) < 4.78 is 19.7.